The largest absolute Gasteiger partial charge is 0.508 e. The zero-order valence-electron chi connectivity index (χ0n) is 12.6. The van der Waals surface area contributed by atoms with Gasteiger partial charge in [-0.2, -0.15) is 5.10 Å². The highest BCUT2D eigenvalue weighted by atomic mass is 16.3. The fourth-order valence-corrected chi connectivity index (χ4v) is 2.62. The summed E-state index contributed by atoms with van der Waals surface area (Å²) in [5.74, 6) is -0.270. The van der Waals surface area contributed by atoms with Gasteiger partial charge in [0.1, 0.15) is 11.3 Å². The smallest absolute Gasteiger partial charge is 0.333 e. The van der Waals surface area contributed by atoms with Gasteiger partial charge in [0.05, 0.1) is 11.8 Å². The number of hydrazone groups is 1. The number of hydrogen-bond donors (Lipinski definition) is 3. The van der Waals surface area contributed by atoms with E-state index in [1.807, 2.05) is 6.07 Å². The van der Waals surface area contributed by atoms with Crippen LogP contribution in [0, 0.1) is 0 Å². The first-order valence-corrected chi connectivity index (χ1v) is 7.00. The summed E-state index contributed by atoms with van der Waals surface area (Å²) in [5, 5.41) is 23.8. The van der Waals surface area contributed by atoms with E-state index in [-0.39, 0.29) is 17.4 Å². The van der Waals surface area contributed by atoms with Crippen LogP contribution in [0.1, 0.15) is 23.6 Å². The van der Waals surface area contributed by atoms with Gasteiger partial charge in [0, 0.05) is 20.5 Å². The van der Waals surface area contributed by atoms with Crippen LogP contribution in [-0.4, -0.2) is 25.1 Å². The third kappa shape index (κ3) is 2.37. The number of phenolic OH excluding ortho intramolecular Hbond substituents is 1. The molecule has 0 bridgehead atoms. The van der Waals surface area contributed by atoms with Crippen molar-refractivity contribution in [2.45, 2.75) is 12.5 Å². The summed E-state index contributed by atoms with van der Waals surface area (Å²) in [7, 11) is 2.74. The van der Waals surface area contributed by atoms with Gasteiger partial charge in [-0.25, -0.2) is 4.79 Å². The number of aromatic hydroxyl groups is 2. The summed E-state index contributed by atoms with van der Waals surface area (Å²) in [4.78, 5) is 24.1. The van der Waals surface area contributed by atoms with E-state index in [1.165, 1.54) is 14.1 Å². The number of nitrogens with one attached hydrogen (secondary N) is 1. The molecule has 0 amide bonds. The molecule has 0 saturated carbocycles. The minimum atomic E-state index is -0.604. The summed E-state index contributed by atoms with van der Waals surface area (Å²) >= 11 is 0. The fraction of sp³-hybridized carbons (Fsp3) is 0.267. The van der Waals surface area contributed by atoms with E-state index >= 15 is 0 Å². The number of hydrogen-bond acceptors (Lipinski definition) is 6. The van der Waals surface area contributed by atoms with Gasteiger partial charge >= 0.3 is 5.69 Å². The molecule has 2 aromatic rings. The van der Waals surface area contributed by atoms with Crippen LogP contribution >= 0.6 is 0 Å². The Balaban J connectivity index is 2.00. The number of benzene rings is 1. The highest BCUT2D eigenvalue weighted by Gasteiger charge is 2.27. The van der Waals surface area contributed by atoms with E-state index in [4.69, 9.17) is 0 Å². The molecule has 8 heteroatoms. The van der Waals surface area contributed by atoms with Crippen molar-refractivity contribution in [3.8, 4) is 11.6 Å². The van der Waals surface area contributed by atoms with E-state index in [9.17, 15) is 19.8 Å². The van der Waals surface area contributed by atoms with Crippen LogP contribution in [0.5, 0.6) is 11.6 Å². The van der Waals surface area contributed by atoms with Gasteiger partial charge in [-0.15, -0.1) is 0 Å². The Labute approximate surface area is 130 Å². The molecule has 0 aliphatic carbocycles. The predicted molar refractivity (Wildman–Crippen MR) is 83.7 cm³/mol. The fourth-order valence-electron chi connectivity index (χ4n) is 2.62. The van der Waals surface area contributed by atoms with Crippen LogP contribution in [-0.2, 0) is 14.1 Å². The van der Waals surface area contributed by atoms with Crippen LogP contribution < -0.4 is 16.7 Å². The van der Waals surface area contributed by atoms with Crippen molar-refractivity contribution in [2.75, 3.05) is 0 Å². The van der Waals surface area contributed by atoms with Crippen molar-refractivity contribution in [1.82, 2.24) is 14.6 Å². The maximum atomic E-state index is 12.3. The maximum Gasteiger partial charge on any atom is 0.333 e. The molecular formula is C15H16N4O4. The SMILES string of the molecule is Cn1c(O)c(C2=NN[C@H](c3cccc(O)c3)C2)c(=O)n(C)c1=O. The summed E-state index contributed by atoms with van der Waals surface area (Å²) in [6, 6.07) is 6.49. The van der Waals surface area contributed by atoms with E-state index in [1.54, 1.807) is 18.2 Å². The van der Waals surface area contributed by atoms with Crippen molar-refractivity contribution in [3.63, 3.8) is 0 Å². The summed E-state index contributed by atoms with van der Waals surface area (Å²) in [6.45, 7) is 0. The molecule has 23 heavy (non-hydrogen) atoms. The van der Waals surface area contributed by atoms with Gasteiger partial charge in [-0.1, -0.05) is 12.1 Å². The van der Waals surface area contributed by atoms with Crippen molar-refractivity contribution in [1.29, 1.82) is 0 Å². The van der Waals surface area contributed by atoms with E-state index < -0.39 is 17.1 Å². The molecule has 2 heterocycles. The molecule has 1 aromatic carbocycles. The van der Waals surface area contributed by atoms with Gasteiger partial charge in [0.2, 0.25) is 5.88 Å². The highest BCUT2D eigenvalue weighted by molar-refractivity contribution is 6.03. The first kappa shape index (κ1) is 14.9. The topological polar surface area (TPSA) is 109 Å². The molecule has 1 aliphatic rings. The average molecular weight is 316 g/mol. The molecule has 1 aromatic heterocycles. The monoisotopic (exact) mass is 316 g/mol. The molecule has 1 atom stereocenters. The molecule has 120 valence electrons. The van der Waals surface area contributed by atoms with Crippen molar-refractivity contribution in [2.24, 2.45) is 19.2 Å². The van der Waals surface area contributed by atoms with Crippen LogP contribution in [0.2, 0.25) is 0 Å². The minimum Gasteiger partial charge on any atom is -0.508 e. The second-order valence-electron chi connectivity index (χ2n) is 5.44. The Bertz CT molecular complexity index is 926. The number of nitrogens with zero attached hydrogens (tertiary/aromatic N) is 3. The van der Waals surface area contributed by atoms with Crippen LogP contribution in [0.3, 0.4) is 0 Å². The Hall–Kier alpha value is -3.03. The van der Waals surface area contributed by atoms with Crippen molar-refractivity contribution < 1.29 is 10.2 Å². The number of aromatic nitrogens is 2. The highest BCUT2D eigenvalue weighted by Crippen LogP contribution is 2.27. The predicted octanol–water partition coefficient (Wildman–Crippen LogP) is -0.0661. The lowest BCUT2D eigenvalue weighted by Crippen LogP contribution is -2.39. The Morgan fingerprint density at radius 3 is 2.65 bits per heavy atom. The summed E-state index contributed by atoms with van der Waals surface area (Å²) in [5.41, 5.74) is 2.87. The first-order chi connectivity index (χ1) is 10.9. The Kier molecular flexibility index (Phi) is 3.44. The van der Waals surface area contributed by atoms with Gasteiger partial charge in [0.15, 0.2) is 0 Å². The zero-order valence-corrected chi connectivity index (χ0v) is 12.6. The minimum absolute atomic E-state index is 0.00440. The Morgan fingerprint density at radius 2 is 1.96 bits per heavy atom. The van der Waals surface area contributed by atoms with Gasteiger partial charge in [-0.3, -0.25) is 13.9 Å². The molecule has 3 N–H and O–H groups in total. The lowest BCUT2D eigenvalue weighted by atomic mass is 10.00. The number of rotatable bonds is 2. The van der Waals surface area contributed by atoms with Crippen LogP contribution in [0.25, 0.3) is 0 Å². The Morgan fingerprint density at radius 1 is 1.22 bits per heavy atom. The van der Waals surface area contributed by atoms with Crippen molar-refractivity contribution >= 4 is 5.71 Å². The average Bonchev–Trinajstić information content (AvgIpc) is 3.01. The van der Waals surface area contributed by atoms with Gasteiger partial charge in [0.25, 0.3) is 5.56 Å². The number of phenols is 1. The first-order valence-electron chi connectivity index (χ1n) is 7.00. The molecule has 3 rings (SSSR count). The molecular weight excluding hydrogens is 300 g/mol. The second kappa shape index (κ2) is 5.31. The molecule has 0 spiro atoms. The molecule has 8 nitrogen and oxygen atoms in total. The lowest BCUT2D eigenvalue weighted by molar-refractivity contribution is 0.410. The molecule has 0 saturated heterocycles. The van der Waals surface area contributed by atoms with Crippen LogP contribution in [0.15, 0.2) is 39.0 Å². The van der Waals surface area contributed by atoms with Crippen molar-refractivity contribution in [3.05, 3.63) is 56.2 Å². The standard InChI is InChI=1S/C15H16N4O4/c1-18-13(21)12(14(22)19(2)15(18)23)11-7-10(16-17-11)8-4-3-5-9(20)6-8/h3-6,10,16,20-21H,7H2,1-2H3/t10-/m0/s1. The maximum absolute atomic E-state index is 12.3. The van der Waals surface area contributed by atoms with Gasteiger partial charge in [-0.05, 0) is 17.7 Å². The van der Waals surface area contributed by atoms with Gasteiger partial charge < -0.3 is 15.6 Å². The molecule has 0 unspecified atom stereocenters. The molecule has 0 fully saturated rings. The van der Waals surface area contributed by atoms with Crippen LogP contribution in [0.4, 0.5) is 0 Å². The lowest BCUT2D eigenvalue weighted by Gasteiger charge is -2.11. The van der Waals surface area contributed by atoms with E-state index in [0.717, 1.165) is 14.7 Å². The molecule has 0 radical (unpaired) electrons. The third-order valence-corrected chi connectivity index (χ3v) is 3.95. The quantitative estimate of drug-likeness (QED) is 0.719. The second-order valence-corrected chi connectivity index (χ2v) is 5.44. The zero-order chi connectivity index (χ0) is 16.7. The third-order valence-electron chi connectivity index (χ3n) is 3.95. The van der Waals surface area contributed by atoms with E-state index in [2.05, 4.69) is 10.5 Å². The summed E-state index contributed by atoms with van der Waals surface area (Å²) < 4.78 is 1.93. The molecule has 1 aliphatic heterocycles. The van der Waals surface area contributed by atoms with E-state index in [0.29, 0.717) is 12.1 Å². The summed E-state index contributed by atoms with van der Waals surface area (Å²) in [6.07, 6.45) is 0.352. The normalized spacial score (nSPS) is 17.0.